The van der Waals surface area contributed by atoms with Gasteiger partial charge in [-0.25, -0.2) is 9.48 Å². The van der Waals surface area contributed by atoms with Crippen LogP contribution in [0.15, 0.2) is 29.1 Å². The van der Waals surface area contributed by atoms with Crippen molar-refractivity contribution in [1.82, 2.24) is 25.0 Å². The van der Waals surface area contributed by atoms with Crippen LogP contribution < -0.4 is 11.0 Å². The first-order chi connectivity index (χ1) is 12.5. The van der Waals surface area contributed by atoms with Gasteiger partial charge >= 0.3 is 5.69 Å². The van der Waals surface area contributed by atoms with Crippen molar-refractivity contribution >= 4 is 5.91 Å². The van der Waals surface area contributed by atoms with Gasteiger partial charge in [-0.1, -0.05) is 31.2 Å². The van der Waals surface area contributed by atoms with Crippen molar-refractivity contribution in [2.45, 2.75) is 32.7 Å². The monoisotopic (exact) mass is 357 g/mol. The van der Waals surface area contributed by atoms with Crippen LogP contribution >= 0.6 is 0 Å². The Labute approximate surface area is 153 Å². The second-order valence-corrected chi connectivity index (χ2v) is 7.20. The van der Waals surface area contributed by atoms with Gasteiger partial charge in [-0.2, -0.15) is 0 Å². The van der Waals surface area contributed by atoms with Crippen LogP contribution in [-0.4, -0.2) is 45.2 Å². The third-order valence-corrected chi connectivity index (χ3v) is 5.25. The van der Waals surface area contributed by atoms with Crippen molar-refractivity contribution in [3.8, 4) is 0 Å². The molecule has 1 fully saturated rings. The molecule has 2 aromatic rings. The van der Waals surface area contributed by atoms with Crippen molar-refractivity contribution < 1.29 is 4.79 Å². The third-order valence-electron chi connectivity index (χ3n) is 5.25. The molecule has 140 valence electrons. The molecule has 0 saturated carbocycles. The number of carbonyl (C=O) groups is 1. The molecule has 1 aliphatic rings. The van der Waals surface area contributed by atoms with Crippen molar-refractivity contribution in [3.63, 3.8) is 0 Å². The van der Waals surface area contributed by atoms with Crippen LogP contribution in [0.25, 0.3) is 0 Å². The molecule has 0 spiro atoms. The molecule has 0 aliphatic carbocycles. The van der Waals surface area contributed by atoms with Crippen LogP contribution in [0.2, 0.25) is 0 Å². The maximum atomic E-state index is 12.4. The summed E-state index contributed by atoms with van der Waals surface area (Å²) in [4.78, 5) is 28.8. The number of aromatic amines is 1. The lowest BCUT2D eigenvalue weighted by atomic mass is 9.94. The van der Waals surface area contributed by atoms with Crippen LogP contribution in [-0.2, 0) is 7.05 Å². The van der Waals surface area contributed by atoms with E-state index >= 15 is 0 Å². The number of nitrogens with one attached hydrogen (secondary N) is 2. The van der Waals surface area contributed by atoms with Gasteiger partial charge in [0.15, 0.2) is 0 Å². The summed E-state index contributed by atoms with van der Waals surface area (Å²) in [6, 6.07) is 8.42. The lowest BCUT2D eigenvalue weighted by Gasteiger charge is -2.37. The Morgan fingerprint density at radius 3 is 2.65 bits per heavy atom. The minimum Gasteiger partial charge on any atom is -0.347 e. The number of piperidine rings is 1. The number of aryl methyl sites for hydroxylation is 2. The smallest absolute Gasteiger partial charge is 0.343 e. The molecule has 1 aromatic heterocycles. The lowest BCUT2D eigenvalue weighted by Crippen LogP contribution is -2.42. The molecule has 1 aromatic carbocycles. The minimum atomic E-state index is -0.393. The average molecular weight is 357 g/mol. The predicted octanol–water partition coefficient (Wildman–Crippen LogP) is 1.62. The first-order valence-electron chi connectivity index (χ1n) is 9.17. The summed E-state index contributed by atoms with van der Waals surface area (Å²) in [6.45, 7) is 6.93. The van der Waals surface area contributed by atoms with Crippen molar-refractivity contribution in [2.75, 3.05) is 19.6 Å². The van der Waals surface area contributed by atoms with E-state index < -0.39 is 5.69 Å². The molecule has 1 aliphatic heterocycles. The molecule has 2 N–H and O–H groups in total. The van der Waals surface area contributed by atoms with E-state index in [9.17, 15) is 9.59 Å². The molecule has 26 heavy (non-hydrogen) atoms. The number of aromatic nitrogens is 3. The standard InChI is InChI=1S/C19H27N5O2/c1-13-8-10-24(11-9-13)16(15-7-5-4-6-14(15)2)12-20-18(25)17-21-19(26)23(3)22-17/h4-7,13,16H,8-12H2,1-3H3,(H,20,25)(H,21,22,26). The van der Waals surface area contributed by atoms with Gasteiger partial charge in [0.25, 0.3) is 5.91 Å². The fourth-order valence-electron chi connectivity index (χ4n) is 3.51. The fraction of sp³-hybridized carbons (Fsp3) is 0.526. The molecule has 1 unspecified atom stereocenters. The van der Waals surface area contributed by atoms with E-state index in [2.05, 4.69) is 46.3 Å². The lowest BCUT2D eigenvalue weighted by molar-refractivity contribution is 0.0902. The van der Waals surface area contributed by atoms with Gasteiger partial charge in [0.05, 0.1) is 6.04 Å². The molecule has 7 nitrogen and oxygen atoms in total. The Balaban J connectivity index is 1.76. The molecule has 2 heterocycles. The largest absolute Gasteiger partial charge is 0.347 e. The number of likely N-dealkylation sites (tertiary alicyclic amines) is 1. The van der Waals surface area contributed by atoms with Gasteiger partial charge in [0.2, 0.25) is 5.82 Å². The summed E-state index contributed by atoms with van der Waals surface area (Å²) < 4.78 is 1.12. The second-order valence-electron chi connectivity index (χ2n) is 7.20. The van der Waals surface area contributed by atoms with Gasteiger partial charge in [0.1, 0.15) is 0 Å². The first-order valence-corrected chi connectivity index (χ1v) is 9.17. The summed E-state index contributed by atoms with van der Waals surface area (Å²) in [5.74, 6) is 0.442. The Morgan fingerprint density at radius 1 is 1.35 bits per heavy atom. The number of hydrogen-bond donors (Lipinski definition) is 2. The van der Waals surface area contributed by atoms with E-state index in [1.165, 1.54) is 31.0 Å². The van der Waals surface area contributed by atoms with Crippen molar-refractivity contribution in [2.24, 2.45) is 13.0 Å². The zero-order valence-corrected chi connectivity index (χ0v) is 15.7. The number of amides is 1. The number of H-pyrrole nitrogens is 1. The molecule has 7 heteroatoms. The van der Waals surface area contributed by atoms with E-state index in [-0.39, 0.29) is 17.8 Å². The summed E-state index contributed by atoms with van der Waals surface area (Å²) in [7, 11) is 1.51. The van der Waals surface area contributed by atoms with E-state index in [1.807, 2.05) is 12.1 Å². The van der Waals surface area contributed by atoms with Crippen molar-refractivity contribution in [1.29, 1.82) is 0 Å². The zero-order valence-electron chi connectivity index (χ0n) is 15.7. The number of hydrogen-bond acceptors (Lipinski definition) is 4. The fourth-order valence-corrected chi connectivity index (χ4v) is 3.51. The Morgan fingerprint density at radius 2 is 2.04 bits per heavy atom. The molecular weight excluding hydrogens is 330 g/mol. The number of nitrogens with zero attached hydrogens (tertiary/aromatic N) is 3. The first kappa shape index (κ1) is 18.4. The molecule has 0 radical (unpaired) electrons. The summed E-state index contributed by atoms with van der Waals surface area (Å²) in [5.41, 5.74) is 2.06. The molecule has 3 rings (SSSR count). The maximum absolute atomic E-state index is 12.4. The second kappa shape index (κ2) is 7.86. The minimum absolute atomic E-state index is 0.0494. The number of carbonyl (C=O) groups excluding carboxylic acids is 1. The Bertz CT molecular complexity index is 817. The highest BCUT2D eigenvalue weighted by molar-refractivity contribution is 5.90. The summed E-state index contributed by atoms with van der Waals surface area (Å²) in [5, 5.41) is 6.87. The van der Waals surface area contributed by atoms with E-state index in [4.69, 9.17) is 0 Å². The average Bonchev–Trinajstić information content (AvgIpc) is 2.97. The Hall–Kier alpha value is -2.41. The van der Waals surface area contributed by atoms with Crippen LogP contribution in [0.3, 0.4) is 0 Å². The van der Waals surface area contributed by atoms with E-state index in [0.717, 1.165) is 23.7 Å². The van der Waals surface area contributed by atoms with Crippen LogP contribution in [0.4, 0.5) is 0 Å². The zero-order chi connectivity index (χ0) is 18.7. The van der Waals surface area contributed by atoms with Gasteiger partial charge < -0.3 is 5.32 Å². The molecule has 0 bridgehead atoms. The van der Waals surface area contributed by atoms with Gasteiger partial charge in [-0.3, -0.25) is 14.7 Å². The van der Waals surface area contributed by atoms with Crippen LogP contribution in [0, 0.1) is 12.8 Å². The van der Waals surface area contributed by atoms with Gasteiger partial charge in [-0.05, 0) is 49.9 Å². The third kappa shape index (κ3) is 4.04. The topological polar surface area (TPSA) is 83.0 Å². The molecule has 1 saturated heterocycles. The highest BCUT2D eigenvalue weighted by atomic mass is 16.2. The molecule has 1 amide bonds. The van der Waals surface area contributed by atoms with Crippen LogP contribution in [0.1, 0.15) is 47.6 Å². The maximum Gasteiger partial charge on any atom is 0.343 e. The molecular formula is C19H27N5O2. The predicted molar refractivity (Wildman–Crippen MR) is 100 cm³/mol. The Kier molecular flexibility index (Phi) is 5.56. The highest BCUT2D eigenvalue weighted by Gasteiger charge is 2.26. The van der Waals surface area contributed by atoms with Crippen LogP contribution in [0.5, 0.6) is 0 Å². The number of rotatable bonds is 5. The van der Waals surface area contributed by atoms with Crippen molar-refractivity contribution in [3.05, 3.63) is 51.7 Å². The van der Waals surface area contributed by atoms with E-state index in [1.54, 1.807) is 0 Å². The SMILES string of the molecule is Cc1ccccc1C(CNC(=O)c1nn(C)c(=O)[nH]1)N1CCC(C)CC1. The normalized spacial score (nSPS) is 17.2. The van der Waals surface area contributed by atoms with E-state index in [0.29, 0.717) is 6.54 Å². The van der Waals surface area contributed by atoms with Gasteiger partial charge in [-0.15, -0.1) is 5.10 Å². The summed E-state index contributed by atoms with van der Waals surface area (Å²) >= 11 is 0. The number of benzene rings is 1. The highest BCUT2D eigenvalue weighted by Crippen LogP contribution is 2.28. The summed E-state index contributed by atoms with van der Waals surface area (Å²) in [6.07, 6.45) is 2.34. The quantitative estimate of drug-likeness (QED) is 0.852. The molecule has 1 atom stereocenters. The van der Waals surface area contributed by atoms with Gasteiger partial charge in [0, 0.05) is 13.6 Å².